The van der Waals surface area contributed by atoms with Gasteiger partial charge in [0.25, 0.3) is 0 Å². The van der Waals surface area contributed by atoms with Crippen LogP contribution in [-0.2, 0) is 9.53 Å². The molecule has 0 saturated heterocycles. The number of rotatable bonds is 5. The topological polar surface area (TPSA) is 150 Å². The first-order valence-electron chi connectivity index (χ1n) is 5.33. The zero-order chi connectivity index (χ0) is 15.9. The van der Waals surface area contributed by atoms with Gasteiger partial charge in [0.05, 0.1) is 26.4 Å². The van der Waals surface area contributed by atoms with Crippen LogP contribution in [0, 0.1) is 5.41 Å². The molecule has 0 fully saturated rings. The number of hydrogen-bond donors (Lipinski definition) is 5. The molecule has 6 N–H and O–H groups in total. The number of ether oxygens (including phenoxy) is 1. The minimum Gasteiger partial charge on any atom is -0.478 e. The fourth-order valence-electron chi connectivity index (χ4n) is 0.292. The lowest BCUT2D eigenvalue weighted by molar-refractivity contribution is -0.131. The van der Waals surface area contributed by atoms with Crippen molar-refractivity contribution in [2.45, 2.75) is 13.8 Å². The molecular weight excluding hydrogens is 258 g/mol. The van der Waals surface area contributed by atoms with E-state index in [0.717, 1.165) is 6.08 Å². The standard InChI is InChI=1S/C5H12O3.C3H7NO2.C3H4O2/c1-5(2-6,3-7)4-8;1-2-6-3(4)5;1-2-3(4)5/h6-8H,2-4H2,1H3;2H2,1H3,(H2,4,5);2H,1H2,(H,4,5). The third-order valence-electron chi connectivity index (χ3n) is 1.61. The van der Waals surface area contributed by atoms with Crippen molar-refractivity contribution in [3.63, 3.8) is 0 Å². The number of hydrogen-bond acceptors (Lipinski definition) is 6. The van der Waals surface area contributed by atoms with E-state index in [2.05, 4.69) is 17.0 Å². The van der Waals surface area contributed by atoms with Crippen molar-refractivity contribution < 1.29 is 34.8 Å². The number of aliphatic hydroxyl groups is 3. The first-order chi connectivity index (χ1) is 8.72. The van der Waals surface area contributed by atoms with E-state index < -0.39 is 17.5 Å². The van der Waals surface area contributed by atoms with Crippen LogP contribution in [0.5, 0.6) is 0 Å². The Labute approximate surface area is 112 Å². The minimum absolute atomic E-state index is 0.181. The van der Waals surface area contributed by atoms with E-state index in [1.807, 2.05) is 0 Å². The number of aliphatic hydroxyl groups excluding tert-OH is 3. The van der Waals surface area contributed by atoms with Crippen LogP contribution in [0.25, 0.3) is 0 Å². The molecule has 8 nitrogen and oxygen atoms in total. The van der Waals surface area contributed by atoms with Gasteiger partial charge in [0.15, 0.2) is 0 Å². The second kappa shape index (κ2) is 14.4. The number of nitrogens with two attached hydrogens (primary N) is 1. The van der Waals surface area contributed by atoms with E-state index in [4.69, 9.17) is 20.4 Å². The number of carbonyl (C=O) groups excluding carboxylic acids is 1. The molecule has 0 unspecified atom stereocenters. The molecule has 1 amide bonds. The van der Waals surface area contributed by atoms with Crippen LogP contribution in [0.3, 0.4) is 0 Å². The van der Waals surface area contributed by atoms with E-state index in [1.54, 1.807) is 13.8 Å². The SMILES string of the molecule is C=CC(=O)O.CC(CO)(CO)CO.CCOC(N)=O. The molecule has 0 aromatic heterocycles. The van der Waals surface area contributed by atoms with Gasteiger partial charge in [-0.2, -0.15) is 0 Å². The number of carbonyl (C=O) groups is 2. The second-order valence-electron chi connectivity index (χ2n) is 3.58. The number of carboxylic acids is 1. The fraction of sp³-hybridized carbons (Fsp3) is 0.636. The smallest absolute Gasteiger partial charge is 0.404 e. The third-order valence-corrected chi connectivity index (χ3v) is 1.61. The van der Waals surface area contributed by atoms with E-state index in [0.29, 0.717) is 6.61 Å². The normalized spacial score (nSPS) is 9.11. The van der Waals surface area contributed by atoms with Crippen LogP contribution < -0.4 is 5.73 Å². The Kier molecular flexibility index (Phi) is 17.1. The van der Waals surface area contributed by atoms with E-state index in [-0.39, 0.29) is 19.8 Å². The van der Waals surface area contributed by atoms with Crippen molar-refractivity contribution in [3.05, 3.63) is 12.7 Å². The molecule has 19 heavy (non-hydrogen) atoms. The largest absolute Gasteiger partial charge is 0.478 e. The maximum Gasteiger partial charge on any atom is 0.404 e. The van der Waals surface area contributed by atoms with Crippen LogP contribution in [0.1, 0.15) is 13.8 Å². The predicted octanol–water partition coefficient (Wildman–Crippen LogP) is -0.672. The average Bonchev–Trinajstić information content (AvgIpc) is 2.39. The summed E-state index contributed by atoms with van der Waals surface area (Å²) in [5, 5.41) is 33.0. The molecule has 0 radical (unpaired) electrons. The van der Waals surface area contributed by atoms with E-state index in [1.165, 1.54) is 0 Å². The number of aliphatic carboxylic acids is 1. The van der Waals surface area contributed by atoms with Crippen molar-refractivity contribution in [3.8, 4) is 0 Å². The summed E-state index contributed by atoms with van der Waals surface area (Å²) in [6.45, 7) is 6.08. The van der Waals surface area contributed by atoms with Crippen LogP contribution in [0.2, 0.25) is 0 Å². The van der Waals surface area contributed by atoms with E-state index >= 15 is 0 Å². The van der Waals surface area contributed by atoms with Gasteiger partial charge in [0.1, 0.15) is 0 Å². The molecule has 0 saturated carbocycles. The quantitative estimate of drug-likeness (QED) is 0.419. The maximum atomic E-state index is 9.60. The summed E-state index contributed by atoms with van der Waals surface area (Å²) in [5.74, 6) is -0.981. The van der Waals surface area contributed by atoms with Gasteiger partial charge >= 0.3 is 12.1 Å². The minimum atomic E-state index is -0.981. The van der Waals surface area contributed by atoms with Gasteiger partial charge in [-0.3, -0.25) is 0 Å². The lowest BCUT2D eigenvalue weighted by Crippen LogP contribution is -2.29. The highest BCUT2D eigenvalue weighted by atomic mass is 16.5. The lowest BCUT2D eigenvalue weighted by atomic mass is 9.95. The van der Waals surface area contributed by atoms with Crippen LogP contribution in [0.4, 0.5) is 4.79 Å². The van der Waals surface area contributed by atoms with Crippen molar-refractivity contribution in [2.24, 2.45) is 11.1 Å². The van der Waals surface area contributed by atoms with Crippen molar-refractivity contribution in [2.75, 3.05) is 26.4 Å². The molecule has 0 atom stereocenters. The Bertz CT molecular complexity index is 243. The molecule has 0 spiro atoms. The molecular formula is C11H23NO7. The van der Waals surface area contributed by atoms with Gasteiger partial charge in [-0.05, 0) is 6.92 Å². The lowest BCUT2D eigenvalue weighted by Gasteiger charge is -2.20. The molecule has 0 rings (SSSR count). The van der Waals surface area contributed by atoms with Gasteiger partial charge in [0, 0.05) is 11.5 Å². The highest BCUT2D eigenvalue weighted by Gasteiger charge is 2.20. The molecule has 114 valence electrons. The summed E-state index contributed by atoms with van der Waals surface area (Å²) in [7, 11) is 0. The average molecular weight is 281 g/mol. The molecule has 0 aromatic carbocycles. The summed E-state index contributed by atoms with van der Waals surface area (Å²) in [6.07, 6.45) is 0.123. The van der Waals surface area contributed by atoms with Crippen LogP contribution >= 0.6 is 0 Å². The van der Waals surface area contributed by atoms with Crippen molar-refractivity contribution in [1.82, 2.24) is 0 Å². The Morgan fingerprint density at radius 1 is 1.26 bits per heavy atom. The predicted molar refractivity (Wildman–Crippen MR) is 68.4 cm³/mol. The number of carboxylic acid groups (broad SMARTS) is 1. The molecule has 0 heterocycles. The Balaban J connectivity index is -0.000000209. The summed E-state index contributed by atoms with van der Waals surface area (Å²) in [4.78, 5) is 18.8. The Morgan fingerprint density at radius 3 is 1.58 bits per heavy atom. The van der Waals surface area contributed by atoms with Gasteiger partial charge in [-0.1, -0.05) is 13.5 Å². The Hall–Kier alpha value is -1.64. The summed E-state index contributed by atoms with van der Waals surface area (Å²) in [6, 6.07) is 0. The number of amides is 1. The zero-order valence-electron chi connectivity index (χ0n) is 11.2. The van der Waals surface area contributed by atoms with Crippen LogP contribution in [-0.4, -0.2) is 58.9 Å². The van der Waals surface area contributed by atoms with Gasteiger partial charge in [-0.15, -0.1) is 0 Å². The summed E-state index contributed by atoms with van der Waals surface area (Å²) in [5.41, 5.74) is 3.83. The molecule has 0 bridgehead atoms. The highest BCUT2D eigenvalue weighted by molar-refractivity contribution is 5.78. The van der Waals surface area contributed by atoms with Crippen LogP contribution in [0.15, 0.2) is 12.7 Å². The third kappa shape index (κ3) is 22.1. The Morgan fingerprint density at radius 2 is 1.58 bits per heavy atom. The summed E-state index contributed by atoms with van der Waals surface area (Å²) < 4.78 is 4.18. The van der Waals surface area contributed by atoms with Gasteiger partial charge < -0.3 is 30.9 Å². The molecule has 0 aliphatic rings. The second-order valence-corrected chi connectivity index (χ2v) is 3.58. The summed E-state index contributed by atoms with van der Waals surface area (Å²) >= 11 is 0. The zero-order valence-corrected chi connectivity index (χ0v) is 11.2. The maximum absolute atomic E-state index is 9.60. The fourth-order valence-corrected chi connectivity index (χ4v) is 0.292. The molecule has 0 aliphatic heterocycles. The van der Waals surface area contributed by atoms with Gasteiger partial charge in [-0.25, -0.2) is 9.59 Å². The van der Waals surface area contributed by atoms with Gasteiger partial charge in [0.2, 0.25) is 0 Å². The monoisotopic (exact) mass is 281 g/mol. The van der Waals surface area contributed by atoms with Crippen molar-refractivity contribution >= 4 is 12.1 Å². The molecule has 8 heteroatoms. The molecule has 0 aromatic rings. The highest BCUT2D eigenvalue weighted by Crippen LogP contribution is 2.10. The van der Waals surface area contributed by atoms with E-state index in [9.17, 15) is 9.59 Å². The first-order valence-corrected chi connectivity index (χ1v) is 5.33. The number of primary amides is 1. The van der Waals surface area contributed by atoms with Crippen molar-refractivity contribution in [1.29, 1.82) is 0 Å². The molecule has 0 aliphatic carbocycles. The first kappa shape index (κ1) is 22.5.